The van der Waals surface area contributed by atoms with Crippen LogP contribution >= 0.6 is 23.4 Å². The number of thioether (sulfide) groups is 1. The van der Waals surface area contributed by atoms with Crippen molar-refractivity contribution in [2.24, 2.45) is 0 Å². The molecule has 0 unspecified atom stereocenters. The Labute approximate surface area is 81.8 Å². The lowest BCUT2D eigenvalue weighted by Crippen LogP contribution is -1.98. The maximum absolute atomic E-state index is 5.89. The van der Waals surface area contributed by atoms with Crippen LogP contribution in [0.2, 0.25) is 5.15 Å². The van der Waals surface area contributed by atoms with Crippen LogP contribution in [0.5, 0.6) is 0 Å². The van der Waals surface area contributed by atoms with E-state index in [-0.39, 0.29) is 0 Å². The van der Waals surface area contributed by atoms with Crippen molar-refractivity contribution in [3.63, 3.8) is 0 Å². The van der Waals surface area contributed by atoms with Crippen LogP contribution in [0, 0.1) is 13.8 Å². The zero-order valence-electron chi connectivity index (χ0n) is 7.39. The van der Waals surface area contributed by atoms with Gasteiger partial charge in [0.2, 0.25) is 0 Å². The molecular weight excluding hydrogens is 192 g/mol. The summed E-state index contributed by atoms with van der Waals surface area (Å²) in [6, 6.07) is 0. The van der Waals surface area contributed by atoms with Gasteiger partial charge in [-0.1, -0.05) is 11.6 Å². The van der Waals surface area contributed by atoms with E-state index in [1.807, 2.05) is 20.1 Å². The number of halogens is 1. The average Bonchev–Trinajstić information content (AvgIpc) is 2.01. The molecule has 0 atom stereocenters. The van der Waals surface area contributed by atoms with Crippen molar-refractivity contribution >= 4 is 23.4 Å². The van der Waals surface area contributed by atoms with Gasteiger partial charge in [-0.15, -0.1) is 0 Å². The first-order chi connectivity index (χ1) is 5.65. The molecule has 0 fully saturated rings. The normalized spacial score (nSPS) is 10.3. The lowest BCUT2D eigenvalue weighted by atomic mass is 10.3. The Balaban J connectivity index is 3.04. The minimum atomic E-state index is 0.576. The fourth-order valence-electron chi connectivity index (χ4n) is 0.843. The summed E-state index contributed by atoms with van der Waals surface area (Å²) >= 11 is 7.59. The standard InChI is InChI=1S/C8H11ClN2S/c1-5-6(2)10-7(4-12-3)11-8(5)9/h4H2,1-3H3. The highest BCUT2D eigenvalue weighted by Gasteiger charge is 2.04. The molecule has 0 aliphatic heterocycles. The highest BCUT2D eigenvalue weighted by atomic mass is 35.5. The van der Waals surface area contributed by atoms with Crippen LogP contribution in [-0.4, -0.2) is 16.2 Å². The first kappa shape index (κ1) is 9.81. The van der Waals surface area contributed by atoms with Crippen LogP contribution in [0.3, 0.4) is 0 Å². The summed E-state index contributed by atoms with van der Waals surface area (Å²) in [6.07, 6.45) is 2.02. The third kappa shape index (κ3) is 2.11. The van der Waals surface area contributed by atoms with Crippen molar-refractivity contribution in [1.82, 2.24) is 9.97 Å². The zero-order chi connectivity index (χ0) is 9.14. The monoisotopic (exact) mass is 202 g/mol. The van der Waals surface area contributed by atoms with E-state index in [1.54, 1.807) is 11.8 Å². The molecule has 0 saturated carbocycles. The molecule has 1 aromatic heterocycles. The molecule has 66 valence electrons. The molecule has 2 nitrogen and oxygen atoms in total. The minimum Gasteiger partial charge on any atom is -0.237 e. The van der Waals surface area contributed by atoms with Gasteiger partial charge in [0.25, 0.3) is 0 Å². The Morgan fingerprint density at radius 1 is 1.33 bits per heavy atom. The van der Waals surface area contributed by atoms with Gasteiger partial charge in [0.15, 0.2) is 0 Å². The van der Waals surface area contributed by atoms with E-state index < -0.39 is 0 Å². The second-order valence-corrected chi connectivity index (χ2v) is 3.80. The number of aromatic nitrogens is 2. The summed E-state index contributed by atoms with van der Waals surface area (Å²) in [4.78, 5) is 8.46. The lowest BCUT2D eigenvalue weighted by Gasteiger charge is -2.03. The summed E-state index contributed by atoms with van der Waals surface area (Å²) in [5.41, 5.74) is 1.94. The fraction of sp³-hybridized carbons (Fsp3) is 0.500. The number of hydrogen-bond donors (Lipinski definition) is 0. The highest BCUT2D eigenvalue weighted by Crippen LogP contribution is 2.16. The van der Waals surface area contributed by atoms with Crippen molar-refractivity contribution in [3.8, 4) is 0 Å². The molecular formula is C8H11ClN2S. The molecule has 0 radical (unpaired) electrons. The molecule has 0 amide bonds. The van der Waals surface area contributed by atoms with Crippen LogP contribution in [0.4, 0.5) is 0 Å². The third-order valence-corrected chi connectivity index (χ3v) is 2.56. The second kappa shape index (κ2) is 4.10. The molecule has 0 N–H and O–H groups in total. The Kier molecular flexibility index (Phi) is 3.35. The van der Waals surface area contributed by atoms with E-state index in [2.05, 4.69) is 9.97 Å². The topological polar surface area (TPSA) is 25.8 Å². The maximum Gasteiger partial charge on any atom is 0.140 e. The molecule has 0 aliphatic rings. The molecule has 1 rings (SSSR count). The summed E-state index contributed by atoms with van der Waals surface area (Å²) < 4.78 is 0. The van der Waals surface area contributed by atoms with Gasteiger partial charge >= 0.3 is 0 Å². The number of nitrogens with zero attached hydrogens (tertiary/aromatic N) is 2. The Hall–Kier alpha value is -0.280. The highest BCUT2D eigenvalue weighted by molar-refractivity contribution is 7.97. The molecule has 0 aromatic carbocycles. The molecule has 0 spiro atoms. The third-order valence-electron chi connectivity index (χ3n) is 1.65. The van der Waals surface area contributed by atoms with E-state index >= 15 is 0 Å². The largest absolute Gasteiger partial charge is 0.237 e. The van der Waals surface area contributed by atoms with Gasteiger partial charge in [-0.25, -0.2) is 9.97 Å². The molecule has 12 heavy (non-hydrogen) atoms. The number of aryl methyl sites for hydroxylation is 1. The maximum atomic E-state index is 5.89. The van der Waals surface area contributed by atoms with E-state index in [4.69, 9.17) is 11.6 Å². The summed E-state index contributed by atoms with van der Waals surface area (Å²) in [7, 11) is 0. The first-order valence-corrected chi connectivity index (χ1v) is 5.41. The summed E-state index contributed by atoms with van der Waals surface area (Å²) in [5, 5.41) is 0.576. The van der Waals surface area contributed by atoms with Gasteiger partial charge in [0.1, 0.15) is 11.0 Å². The molecule has 0 saturated heterocycles. The van der Waals surface area contributed by atoms with Crippen LogP contribution in [0.25, 0.3) is 0 Å². The predicted molar refractivity (Wildman–Crippen MR) is 53.7 cm³/mol. The van der Waals surface area contributed by atoms with E-state index in [1.165, 1.54) is 0 Å². The fourth-order valence-corrected chi connectivity index (χ4v) is 1.46. The number of hydrogen-bond acceptors (Lipinski definition) is 3. The van der Waals surface area contributed by atoms with Crippen molar-refractivity contribution in [2.75, 3.05) is 6.26 Å². The molecule has 4 heteroatoms. The SMILES string of the molecule is CSCc1nc(C)c(C)c(Cl)n1. The van der Waals surface area contributed by atoms with Crippen LogP contribution in [-0.2, 0) is 5.75 Å². The first-order valence-electron chi connectivity index (χ1n) is 3.63. The average molecular weight is 203 g/mol. The van der Waals surface area contributed by atoms with Gasteiger partial charge in [-0.3, -0.25) is 0 Å². The molecule has 1 aromatic rings. The van der Waals surface area contributed by atoms with E-state index in [0.717, 1.165) is 22.8 Å². The molecule has 0 bridgehead atoms. The quantitative estimate of drug-likeness (QED) is 0.690. The van der Waals surface area contributed by atoms with E-state index in [9.17, 15) is 0 Å². The Morgan fingerprint density at radius 3 is 2.50 bits per heavy atom. The van der Waals surface area contributed by atoms with Crippen molar-refractivity contribution < 1.29 is 0 Å². The molecule has 0 aliphatic carbocycles. The van der Waals surface area contributed by atoms with Crippen molar-refractivity contribution in [3.05, 3.63) is 22.2 Å². The number of rotatable bonds is 2. The lowest BCUT2D eigenvalue weighted by molar-refractivity contribution is 0.974. The second-order valence-electron chi connectivity index (χ2n) is 2.57. The van der Waals surface area contributed by atoms with Crippen LogP contribution < -0.4 is 0 Å². The van der Waals surface area contributed by atoms with Gasteiger partial charge in [0, 0.05) is 11.3 Å². The minimum absolute atomic E-state index is 0.576. The zero-order valence-corrected chi connectivity index (χ0v) is 8.96. The summed E-state index contributed by atoms with van der Waals surface area (Å²) in [5.74, 6) is 1.64. The van der Waals surface area contributed by atoms with Gasteiger partial charge in [-0.05, 0) is 20.1 Å². The van der Waals surface area contributed by atoms with Gasteiger partial charge in [0.05, 0.1) is 5.75 Å². The summed E-state index contributed by atoms with van der Waals surface area (Å²) in [6.45, 7) is 3.88. The van der Waals surface area contributed by atoms with Gasteiger partial charge < -0.3 is 0 Å². The van der Waals surface area contributed by atoms with Crippen LogP contribution in [0.1, 0.15) is 17.1 Å². The van der Waals surface area contributed by atoms with Gasteiger partial charge in [-0.2, -0.15) is 11.8 Å². The molecule has 1 heterocycles. The smallest absolute Gasteiger partial charge is 0.140 e. The predicted octanol–water partition coefficient (Wildman–Crippen LogP) is 2.61. The van der Waals surface area contributed by atoms with Crippen molar-refractivity contribution in [1.29, 1.82) is 0 Å². The van der Waals surface area contributed by atoms with Crippen LogP contribution in [0.15, 0.2) is 0 Å². The Bertz CT molecular complexity index is 265. The van der Waals surface area contributed by atoms with Crippen molar-refractivity contribution in [2.45, 2.75) is 19.6 Å². The Morgan fingerprint density at radius 2 is 2.00 bits per heavy atom. The van der Waals surface area contributed by atoms with E-state index in [0.29, 0.717) is 5.15 Å².